The van der Waals surface area contributed by atoms with Gasteiger partial charge in [0.1, 0.15) is 6.33 Å². The van der Waals surface area contributed by atoms with Crippen molar-refractivity contribution in [3.8, 4) is 0 Å². The minimum Gasteiger partial charge on any atom is -0.382 e. The van der Waals surface area contributed by atoms with E-state index >= 15 is 0 Å². The van der Waals surface area contributed by atoms with Crippen LogP contribution in [0.3, 0.4) is 0 Å². The number of nitrogens with zero attached hydrogens (tertiary/aromatic N) is 2. The molecule has 0 radical (unpaired) electrons. The Kier molecular flexibility index (Phi) is 4.60. The van der Waals surface area contributed by atoms with E-state index < -0.39 is 0 Å². The van der Waals surface area contributed by atoms with Crippen LogP contribution < -0.4 is 5.32 Å². The lowest BCUT2D eigenvalue weighted by Gasteiger charge is -2.31. The van der Waals surface area contributed by atoms with Crippen molar-refractivity contribution in [1.29, 1.82) is 0 Å². The van der Waals surface area contributed by atoms with Gasteiger partial charge < -0.3 is 10.1 Å². The zero-order chi connectivity index (χ0) is 13.6. The molecule has 1 aromatic heterocycles. The minimum atomic E-state index is -0.230. The Morgan fingerprint density at radius 3 is 2.47 bits per heavy atom. The molecule has 0 spiro atoms. The lowest BCUT2D eigenvalue weighted by molar-refractivity contribution is 0.117. The fourth-order valence-corrected chi connectivity index (χ4v) is 2.05. The van der Waals surface area contributed by atoms with Crippen molar-refractivity contribution in [3.63, 3.8) is 0 Å². The molecule has 1 heterocycles. The molecule has 1 unspecified atom stereocenters. The Labute approximate surface area is 113 Å². The second-order valence-corrected chi connectivity index (χ2v) is 4.73. The monoisotopic (exact) mass is 257 g/mol. The van der Waals surface area contributed by atoms with Crippen molar-refractivity contribution < 1.29 is 4.74 Å². The third kappa shape index (κ3) is 3.59. The van der Waals surface area contributed by atoms with Gasteiger partial charge in [-0.05, 0) is 12.5 Å². The number of hydrogen-bond donors (Lipinski definition) is 1. The van der Waals surface area contributed by atoms with Crippen LogP contribution in [0.5, 0.6) is 0 Å². The van der Waals surface area contributed by atoms with Crippen LogP contribution in [-0.2, 0) is 16.8 Å². The average molecular weight is 257 g/mol. The highest BCUT2D eigenvalue weighted by molar-refractivity contribution is 5.24. The zero-order valence-corrected chi connectivity index (χ0v) is 11.3. The standard InChI is InChI=1S/C15H19N3O/c1-15(11-19-2,14-6-4-3-5-7-14)18-10-13-8-16-12-17-9-13/h3-9,12,18H,10-11H2,1-2H3. The largest absolute Gasteiger partial charge is 0.382 e. The van der Waals surface area contributed by atoms with Crippen LogP contribution in [0.4, 0.5) is 0 Å². The molecule has 0 aliphatic rings. The highest BCUT2D eigenvalue weighted by atomic mass is 16.5. The minimum absolute atomic E-state index is 0.230. The fourth-order valence-electron chi connectivity index (χ4n) is 2.05. The molecule has 1 N–H and O–H groups in total. The number of nitrogens with one attached hydrogen (secondary N) is 1. The van der Waals surface area contributed by atoms with Crippen LogP contribution in [0, 0.1) is 0 Å². The topological polar surface area (TPSA) is 47.0 Å². The van der Waals surface area contributed by atoms with Crippen molar-refractivity contribution in [3.05, 3.63) is 60.2 Å². The maximum atomic E-state index is 5.36. The van der Waals surface area contributed by atoms with Gasteiger partial charge in [0.2, 0.25) is 0 Å². The van der Waals surface area contributed by atoms with Gasteiger partial charge in [-0.15, -0.1) is 0 Å². The second-order valence-electron chi connectivity index (χ2n) is 4.73. The van der Waals surface area contributed by atoms with Crippen molar-refractivity contribution in [2.45, 2.75) is 19.0 Å². The second kappa shape index (κ2) is 6.41. The number of aromatic nitrogens is 2. The lowest BCUT2D eigenvalue weighted by atomic mass is 9.92. The third-order valence-electron chi connectivity index (χ3n) is 3.14. The van der Waals surface area contributed by atoms with Gasteiger partial charge in [0.25, 0.3) is 0 Å². The molecule has 100 valence electrons. The van der Waals surface area contributed by atoms with E-state index in [1.54, 1.807) is 7.11 Å². The summed E-state index contributed by atoms with van der Waals surface area (Å²) >= 11 is 0. The Morgan fingerprint density at radius 1 is 1.16 bits per heavy atom. The molecule has 0 aliphatic carbocycles. The first-order valence-corrected chi connectivity index (χ1v) is 6.28. The quantitative estimate of drug-likeness (QED) is 0.861. The summed E-state index contributed by atoms with van der Waals surface area (Å²) in [7, 11) is 1.72. The molecular weight excluding hydrogens is 238 g/mol. The lowest BCUT2D eigenvalue weighted by Crippen LogP contribution is -2.43. The first-order chi connectivity index (χ1) is 9.24. The summed E-state index contributed by atoms with van der Waals surface area (Å²) in [5.41, 5.74) is 2.03. The SMILES string of the molecule is COCC(C)(NCc1cncnc1)c1ccccc1. The van der Waals surface area contributed by atoms with Crippen molar-refractivity contribution in [2.75, 3.05) is 13.7 Å². The molecule has 1 atom stereocenters. The molecule has 4 nitrogen and oxygen atoms in total. The summed E-state index contributed by atoms with van der Waals surface area (Å²) in [5, 5.41) is 3.52. The molecule has 0 bridgehead atoms. The fraction of sp³-hybridized carbons (Fsp3) is 0.333. The number of ether oxygens (including phenoxy) is 1. The summed E-state index contributed by atoms with van der Waals surface area (Å²) in [6.07, 6.45) is 5.17. The molecule has 0 fully saturated rings. The van der Waals surface area contributed by atoms with Gasteiger partial charge in [-0.2, -0.15) is 0 Å². The van der Waals surface area contributed by atoms with Crippen LogP contribution in [0.25, 0.3) is 0 Å². The van der Waals surface area contributed by atoms with Crippen molar-refractivity contribution in [1.82, 2.24) is 15.3 Å². The molecule has 0 saturated heterocycles. The van der Waals surface area contributed by atoms with Gasteiger partial charge in [0.15, 0.2) is 0 Å². The summed E-state index contributed by atoms with van der Waals surface area (Å²) < 4.78 is 5.36. The molecule has 4 heteroatoms. The summed E-state index contributed by atoms with van der Waals surface area (Å²) in [6.45, 7) is 3.44. The Morgan fingerprint density at radius 2 is 1.84 bits per heavy atom. The zero-order valence-electron chi connectivity index (χ0n) is 11.3. The highest BCUT2D eigenvalue weighted by Crippen LogP contribution is 2.21. The van der Waals surface area contributed by atoms with Gasteiger partial charge in [0, 0.05) is 31.6 Å². The first kappa shape index (κ1) is 13.6. The van der Waals surface area contributed by atoms with Crippen molar-refractivity contribution in [2.24, 2.45) is 0 Å². The van der Waals surface area contributed by atoms with E-state index in [9.17, 15) is 0 Å². The Balaban J connectivity index is 2.12. The number of benzene rings is 1. The maximum absolute atomic E-state index is 5.36. The van der Waals surface area contributed by atoms with E-state index in [0.29, 0.717) is 13.2 Å². The predicted octanol–water partition coefficient (Wildman–Crippen LogP) is 2.13. The molecule has 19 heavy (non-hydrogen) atoms. The van der Waals surface area contributed by atoms with Gasteiger partial charge >= 0.3 is 0 Å². The summed E-state index contributed by atoms with van der Waals surface area (Å²) in [6, 6.07) is 10.3. The summed E-state index contributed by atoms with van der Waals surface area (Å²) in [4.78, 5) is 8.04. The van der Waals surface area contributed by atoms with E-state index in [0.717, 1.165) is 5.56 Å². The van der Waals surface area contributed by atoms with E-state index in [4.69, 9.17) is 4.74 Å². The van der Waals surface area contributed by atoms with E-state index in [1.165, 1.54) is 11.9 Å². The Hall–Kier alpha value is -1.78. The Bertz CT molecular complexity index is 489. The van der Waals surface area contributed by atoms with Gasteiger partial charge in [-0.25, -0.2) is 9.97 Å². The van der Waals surface area contributed by atoms with Crippen LogP contribution in [0.15, 0.2) is 49.1 Å². The summed E-state index contributed by atoms with van der Waals surface area (Å²) in [5.74, 6) is 0. The molecule has 2 aromatic rings. The van der Waals surface area contributed by atoms with Crippen molar-refractivity contribution >= 4 is 0 Å². The van der Waals surface area contributed by atoms with E-state index in [2.05, 4.69) is 34.3 Å². The third-order valence-corrected chi connectivity index (χ3v) is 3.14. The number of methoxy groups -OCH3 is 1. The first-order valence-electron chi connectivity index (χ1n) is 6.28. The predicted molar refractivity (Wildman–Crippen MR) is 74.5 cm³/mol. The molecule has 0 amide bonds. The molecule has 0 aliphatic heterocycles. The number of rotatable bonds is 6. The van der Waals surface area contributed by atoms with Crippen LogP contribution in [0.2, 0.25) is 0 Å². The molecule has 1 aromatic carbocycles. The number of hydrogen-bond acceptors (Lipinski definition) is 4. The smallest absolute Gasteiger partial charge is 0.115 e. The van der Waals surface area contributed by atoms with E-state index in [-0.39, 0.29) is 5.54 Å². The molecule has 2 rings (SSSR count). The van der Waals surface area contributed by atoms with Crippen LogP contribution in [-0.4, -0.2) is 23.7 Å². The molecule has 0 saturated carbocycles. The van der Waals surface area contributed by atoms with Crippen LogP contribution >= 0.6 is 0 Å². The molecular formula is C15H19N3O. The average Bonchev–Trinajstić information content (AvgIpc) is 2.48. The highest BCUT2D eigenvalue weighted by Gasteiger charge is 2.25. The maximum Gasteiger partial charge on any atom is 0.115 e. The normalized spacial score (nSPS) is 14.0. The van der Waals surface area contributed by atoms with Gasteiger partial charge in [-0.3, -0.25) is 0 Å². The van der Waals surface area contributed by atoms with Crippen LogP contribution in [0.1, 0.15) is 18.1 Å². The van der Waals surface area contributed by atoms with Gasteiger partial charge in [0.05, 0.1) is 12.1 Å². The van der Waals surface area contributed by atoms with Gasteiger partial charge in [-0.1, -0.05) is 30.3 Å². The van der Waals surface area contributed by atoms with E-state index in [1.807, 2.05) is 30.6 Å².